The molecule has 2 N–H and O–H groups in total. The highest BCUT2D eigenvalue weighted by Crippen LogP contribution is 2.37. The molecule has 0 aromatic heterocycles. The summed E-state index contributed by atoms with van der Waals surface area (Å²) in [5.74, 6) is -1.12. The summed E-state index contributed by atoms with van der Waals surface area (Å²) in [7, 11) is 0. The van der Waals surface area contributed by atoms with E-state index in [0.717, 1.165) is 0 Å². The summed E-state index contributed by atoms with van der Waals surface area (Å²) in [5, 5.41) is 5.30. The number of benzene rings is 1. The van der Waals surface area contributed by atoms with Gasteiger partial charge in [0.15, 0.2) is 5.76 Å². The first-order chi connectivity index (χ1) is 12.2. The Morgan fingerprint density at radius 3 is 2.65 bits per heavy atom. The lowest BCUT2D eigenvalue weighted by atomic mass is 10.1. The van der Waals surface area contributed by atoms with Crippen LogP contribution in [0.4, 0.5) is 26.3 Å². The van der Waals surface area contributed by atoms with Gasteiger partial charge in [0, 0.05) is 6.54 Å². The van der Waals surface area contributed by atoms with Crippen LogP contribution in [0.15, 0.2) is 39.8 Å². The molecule has 0 bridgehead atoms. The molecule has 26 heavy (non-hydrogen) atoms. The fourth-order valence-electron chi connectivity index (χ4n) is 3.00. The molecule has 3 rings (SSSR count). The third-order valence-corrected chi connectivity index (χ3v) is 4.81. The lowest BCUT2D eigenvalue weighted by molar-refractivity contribution is -0.103. The molecule has 0 saturated carbocycles. The van der Waals surface area contributed by atoms with Gasteiger partial charge in [-0.25, -0.2) is 4.39 Å². The van der Waals surface area contributed by atoms with Gasteiger partial charge in [0.1, 0.15) is 11.6 Å². The van der Waals surface area contributed by atoms with Crippen molar-refractivity contribution < 1.29 is 31.1 Å². The Morgan fingerprint density at radius 2 is 2.00 bits per heavy atom. The van der Waals surface area contributed by atoms with Gasteiger partial charge in [0.2, 0.25) is 0 Å². The zero-order valence-corrected chi connectivity index (χ0v) is 14.6. The normalized spacial score (nSPS) is 20.0. The van der Waals surface area contributed by atoms with Crippen LogP contribution in [0.3, 0.4) is 0 Å². The van der Waals surface area contributed by atoms with Crippen LogP contribution in [-0.2, 0) is 11.2 Å². The Labute approximate surface area is 153 Å². The van der Waals surface area contributed by atoms with Crippen molar-refractivity contribution in [2.45, 2.75) is 31.7 Å². The molecule has 1 atom stereocenters. The van der Waals surface area contributed by atoms with Crippen molar-refractivity contribution >= 4 is 15.9 Å². The molecule has 0 amide bonds. The van der Waals surface area contributed by atoms with Gasteiger partial charge < -0.3 is 15.4 Å². The summed E-state index contributed by atoms with van der Waals surface area (Å²) in [6.45, 7) is -3.87. The van der Waals surface area contributed by atoms with Crippen LogP contribution in [0.2, 0.25) is 0 Å². The third kappa shape index (κ3) is 3.79. The van der Waals surface area contributed by atoms with E-state index >= 15 is 0 Å². The predicted molar refractivity (Wildman–Crippen MR) is 84.6 cm³/mol. The van der Waals surface area contributed by atoms with Gasteiger partial charge in [-0.3, -0.25) is 0 Å². The number of alkyl halides is 5. The Kier molecular flexibility index (Phi) is 5.14. The van der Waals surface area contributed by atoms with Crippen molar-refractivity contribution in [2.24, 2.45) is 0 Å². The van der Waals surface area contributed by atoms with Gasteiger partial charge in [0.25, 0.3) is 0 Å². The second kappa shape index (κ2) is 7.05. The van der Waals surface area contributed by atoms with Gasteiger partial charge in [0.05, 0.1) is 16.1 Å². The summed E-state index contributed by atoms with van der Waals surface area (Å²) in [6, 6.07) is 2.77. The highest BCUT2D eigenvalue weighted by molar-refractivity contribution is 9.10. The van der Waals surface area contributed by atoms with Crippen LogP contribution in [0.25, 0.3) is 0 Å². The second-order valence-corrected chi connectivity index (χ2v) is 6.66. The molecule has 1 heterocycles. The van der Waals surface area contributed by atoms with E-state index in [2.05, 4.69) is 31.3 Å². The molecule has 0 fully saturated rings. The number of hydrogen-bond acceptors (Lipinski definition) is 3. The first-order valence-electron chi connectivity index (χ1n) is 7.61. The van der Waals surface area contributed by atoms with E-state index < -0.39 is 42.5 Å². The van der Waals surface area contributed by atoms with Crippen molar-refractivity contribution in [2.75, 3.05) is 6.54 Å². The fraction of sp³-hybridized carbons (Fsp3) is 0.375. The van der Waals surface area contributed by atoms with E-state index in [1.807, 2.05) is 0 Å². The smallest absolute Gasteiger partial charge is 0.414 e. The summed E-state index contributed by atoms with van der Waals surface area (Å²) in [5.41, 5.74) is 0.0821. The van der Waals surface area contributed by atoms with E-state index in [4.69, 9.17) is 0 Å². The molecule has 10 heteroatoms. The zero-order chi connectivity index (χ0) is 19.1. The number of fused-ring (bicyclic) bond motifs is 1. The lowest BCUT2D eigenvalue weighted by Crippen LogP contribution is -2.37. The van der Waals surface area contributed by atoms with E-state index in [1.165, 1.54) is 6.07 Å². The minimum absolute atomic E-state index is 0.0838. The number of nitrogens with one attached hydrogen (secondary N) is 2. The number of ether oxygens (including phenoxy) is 1. The van der Waals surface area contributed by atoms with Gasteiger partial charge in [-0.15, -0.1) is 0 Å². The molecule has 1 aromatic rings. The topological polar surface area (TPSA) is 33.3 Å². The minimum atomic E-state index is -4.66. The van der Waals surface area contributed by atoms with Crippen LogP contribution in [0.1, 0.15) is 23.6 Å². The molecule has 142 valence electrons. The molecule has 1 aromatic carbocycles. The summed E-state index contributed by atoms with van der Waals surface area (Å²) >= 11 is 3.09. The maximum atomic E-state index is 14.1. The van der Waals surface area contributed by atoms with Crippen molar-refractivity contribution in [3.8, 4) is 0 Å². The van der Waals surface area contributed by atoms with Crippen LogP contribution < -0.4 is 10.6 Å². The quantitative estimate of drug-likeness (QED) is 0.665. The molecule has 2 aliphatic rings. The molecule has 3 nitrogen and oxygen atoms in total. The molecule has 1 unspecified atom stereocenters. The van der Waals surface area contributed by atoms with Crippen molar-refractivity contribution in [3.05, 3.63) is 56.8 Å². The number of dihydropyridines is 1. The lowest BCUT2D eigenvalue weighted by Gasteiger charge is -2.26. The monoisotopic (exact) mass is 442 g/mol. The molecule has 1 aliphatic carbocycles. The SMILES string of the molecule is Fc1c(Br)ccc2c1CCC2NC1=C(OC(F)F)C=C(C(F)(F)F)CN1. The Hall–Kier alpha value is -1.84. The second-order valence-electron chi connectivity index (χ2n) is 5.80. The average molecular weight is 443 g/mol. The van der Waals surface area contributed by atoms with Crippen LogP contribution in [0, 0.1) is 5.82 Å². The van der Waals surface area contributed by atoms with Crippen molar-refractivity contribution in [3.63, 3.8) is 0 Å². The zero-order valence-electron chi connectivity index (χ0n) is 13.1. The summed E-state index contributed by atoms with van der Waals surface area (Å²) in [4.78, 5) is 0. The highest BCUT2D eigenvalue weighted by atomic mass is 79.9. The molecule has 0 saturated heterocycles. The van der Waals surface area contributed by atoms with E-state index in [1.54, 1.807) is 6.07 Å². The van der Waals surface area contributed by atoms with Gasteiger partial charge in [-0.1, -0.05) is 6.07 Å². The molecule has 1 aliphatic heterocycles. The number of halogens is 7. The third-order valence-electron chi connectivity index (χ3n) is 4.20. The standard InChI is InChI=1S/C16H13BrF6N2O/c17-10-3-1-8-9(13(10)18)2-4-11(8)25-14-12(26-15(19)20)5-7(6-24-14)16(21,22)23/h1,3,5,11,15,24-25H,2,4,6H2. The first kappa shape index (κ1) is 18.9. The minimum Gasteiger partial charge on any atom is -0.431 e. The molecular formula is C16H13BrF6N2O. The highest BCUT2D eigenvalue weighted by Gasteiger charge is 2.37. The maximum Gasteiger partial charge on any atom is 0.414 e. The number of hydrogen-bond donors (Lipinski definition) is 2. The Balaban J connectivity index is 1.90. The van der Waals surface area contributed by atoms with Crippen LogP contribution in [-0.4, -0.2) is 19.3 Å². The Morgan fingerprint density at radius 1 is 1.27 bits per heavy atom. The average Bonchev–Trinajstić information content (AvgIpc) is 2.94. The van der Waals surface area contributed by atoms with Crippen molar-refractivity contribution in [1.29, 1.82) is 0 Å². The van der Waals surface area contributed by atoms with Crippen LogP contribution in [0.5, 0.6) is 0 Å². The molecule has 0 spiro atoms. The van der Waals surface area contributed by atoms with Crippen molar-refractivity contribution in [1.82, 2.24) is 10.6 Å². The van der Waals surface area contributed by atoms with E-state index in [0.29, 0.717) is 34.5 Å². The number of allylic oxidation sites excluding steroid dienone is 1. The first-order valence-corrected chi connectivity index (χ1v) is 8.40. The molecule has 0 radical (unpaired) electrons. The van der Waals surface area contributed by atoms with Gasteiger partial charge in [-0.05, 0) is 52.0 Å². The van der Waals surface area contributed by atoms with E-state index in [-0.39, 0.29) is 5.82 Å². The van der Waals surface area contributed by atoms with Gasteiger partial charge >= 0.3 is 12.8 Å². The number of rotatable bonds is 4. The molecular weight excluding hydrogens is 430 g/mol. The maximum absolute atomic E-state index is 14.1. The summed E-state index contributed by atoms with van der Waals surface area (Å²) < 4.78 is 82.3. The summed E-state index contributed by atoms with van der Waals surface area (Å²) in [6.07, 6.45) is -3.24. The largest absolute Gasteiger partial charge is 0.431 e. The van der Waals surface area contributed by atoms with Gasteiger partial charge in [-0.2, -0.15) is 22.0 Å². The van der Waals surface area contributed by atoms with E-state index in [9.17, 15) is 26.3 Å². The fourth-order valence-corrected chi connectivity index (χ4v) is 3.37. The predicted octanol–water partition coefficient (Wildman–Crippen LogP) is 4.67. The Bertz CT molecular complexity index is 775. The van der Waals surface area contributed by atoms with Crippen LogP contribution >= 0.6 is 15.9 Å².